The summed E-state index contributed by atoms with van der Waals surface area (Å²) in [6, 6.07) is 20.9. The average Bonchev–Trinajstić information content (AvgIpc) is 3.52. The Labute approximate surface area is 210 Å². The number of hydrogen-bond donors (Lipinski definition) is 1. The van der Waals surface area contributed by atoms with E-state index < -0.39 is 6.04 Å². The second-order valence-corrected chi connectivity index (χ2v) is 10.0. The summed E-state index contributed by atoms with van der Waals surface area (Å²) in [6.07, 6.45) is 0. The number of anilines is 1. The lowest BCUT2D eigenvalue weighted by atomic mass is 10.0. The van der Waals surface area contributed by atoms with Gasteiger partial charge in [0.05, 0.1) is 5.57 Å². The Balaban J connectivity index is 1.41. The number of thiophene rings is 1. The molecular formula is C25H21ClN4O2S2. The Morgan fingerprint density at radius 3 is 2.71 bits per heavy atom. The molecule has 0 bridgehead atoms. The van der Waals surface area contributed by atoms with Gasteiger partial charge in [0.25, 0.3) is 0 Å². The van der Waals surface area contributed by atoms with Crippen LogP contribution >= 0.6 is 34.7 Å². The monoisotopic (exact) mass is 508 g/mol. The largest absolute Gasteiger partial charge is 0.457 e. The van der Waals surface area contributed by atoms with Crippen LogP contribution in [0.2, 0.25) is 5.02 Å². The van der Waals surface area contributed by atoms with Gasteiger partial charge in [0, 0.05) is 21.3 Å². The first-order chi connectivity index (χ1) is 16.6. The smallest absolute Gasteiger partial charge is 0.338 e. The van der Waals surface area contributed by atoms with Gasteiger partial charge in [0.1, 0.15) is 12.6 Å². The van der Waals surface area contributed by atoms with Crippen LogP contribution < -0.4 is 5.32 Å². The number of carbonyl (C=O) groups excluding carboxylic acids is 1. The molecule has 1 N–H and O–H groups in total. The molecule has 0 radical (unpaired) electrons. The van der Waals surface area contributed by atoms with Crippen LogP contribution in [0.15, 0.2) is 88.5 Å². The van der Waals surface area contributed by atoms with Crippen molar-refractivity contribution in [2.45, 2.75) is 30.5 Å². The molecule has 4 aromatic rings. The minimum absolute atomic E-state index is 0.205. The summed E-state index contributed by atoms with van der Waals surface area (Å²) in [6.45, 7) is 2.07. The van der Waals surface area contributed by atoms with Crippen molar-refractivity contribution in [3.63, 3.8) is 0 Å². The number of allylic oxidation sites excluding steroid dienone is 1. The van der Waals surface area contributed by atoms with Crippen molar-refractivity contribution in [1.29, 1.82) is 0 Å². The molecule has 2 aromatic carbocycles. The van der Waals surface area contributed by atoms with Gasteiger partial charge in [0.15, 0.2) is 0 Å². The lowest BCUT2D eigenvalue weighted by Gasteiger charge is -2.27. The average molecular weight is 509 g/mol. The second-order valence-electron chi connectivity index (χ2n) is 7.69. The Morgan fingerprint density at radius 1 is 1.15 bits per heavy atom. The van der Waals surface area contributed by atoms with E-state index in [9.17, 15) is 4.79 Å². The van der Waals surface area contributed by atoms with E-state index in [1.807, 2.05) is 79.0 Å². The molecule has 0 saturated carbocycles. The molecule has 0 aliphatic carbocycles. The molecule has 9 heteroatoms. The molecule has 1 atom stereocenters. The minimum atomic E-state index is -0.415. The van der Waals surface area contributed by atoms with Crippen molar-refractivity contribution in [2.24, 2.45) is 0 Å². The molecule has 3 heterocycles. The highest BCUT2D eigenvalue weighted by Crippen LogP contribution is 2.39. The number of hydrogen-bond acceptors (Lipinski definition) is 7. The summed E-state index contributed by atoms with van der Waals surface area (Å²) in [5.41, 5.74) is 3.19. The third-order valence-electron chi connectivity index (χ3n) is 5.39. The molecule has 1 unspecified atom stereocenters. The Bertz CT molecular complexity index is 1340. The summed E-state index contributed by atoms with van der Waals surface area (Å²) in [4.78, 5) is 18.9. The van der Waals surface area contributed by atoms with Gasteiger partial charge in [0.2, 0.25) is 11.1 Å². The van der Waals surface area contributed by atoms with Gasteiger partial charge in [-0.25, -0.2) is 9.48 Å². The first-order valence-electron chi connectivity index (χ1n) is 10.6. The molecule has 2 aromatic heterocycles. The normalized spacial score (nSPS) is 15.1. The number of carbonyl (C=O) groups is 1. The number of ether oxygens (including phenoxy) is 1. The van der Waals surface area contributed by atoms with E-state index in [0.717, 1.165) is 21.0 Å². The molecular weight excluding hydrogens is 488 g/mol. The number of nitrogens with one attached hydrogen (secondary N) is 1. The quantitative estimate of drug-likeness (QED) is 0.233. The van der Waals surface area contributed by atoms with Crippen LogP contribution in [0.5, 0.6) is 0 Å². The number of aromatic nitrogens is 3. The number of benzene rings is 2. The van der Waals surface area contributed by atoms with Gasteiger partial charge < -0.3 is 10.1 Å². The van der Waals surface area contributed by atoms with E-state index >= 15 is 0 Å². The van der Waals surface area contributed by atoms with E-state index in [-0.39, 0.29) is 12.6 Å². The van der Waals surface area contributed by atoms with Crippen LogP contribution in [-0.2, 0) is 21.9 Å². The lowest BCUT2D eigenvalue weighted by Crippen LogP contribution is -2.29. The van der Waals surface area contributed by atoms with Crippen molar-refractivity contribution < 1.29 is 9.53 Å². The van der Waals surface area contributed by atoms with Crippen molar-refractivity contribution in [3.05, 3.63) is 104 Å². The number of esters is 1. The fraction of sp³-hybridized carbons (Fsp3) is 0.160. The van der Waals surface area contributed by atoms with Crippen LogP contribution in [-0.4, -0.2) is 20.7 Å². The predicted molar refractivity (Wildman–Crippen MR) is 136 cm³/mol. The number of fused-ring (bicyclic) bond motifs is 1. The molecule has 0 amide bonds. The van der Waals surface area contributed by atoms with Gasteiger partial charge in [-0.3, -0.25) is 0 Å². The summed E-state index contributed by atoms with van der Waals surface area (Å²) < 4.78 is 7.46. The lowest BCUT2D eigenvalue weighted by molar-refractivity contribution is -0.140. The third-order valence-corrected chi connectivity index (χ3v) is 7.57. The maximum Gasteiger partial charge on any atom is 0.338 e. The number of rotatable bonds is 7. The Morgan fingerprint density at radius 2 is 1.94 bits per heavy atom. The molecule has 0 saturated heterocycles. The van der Waals surface area contributed by atoms with Crippen molar-refractivity contribution in [3.8, 4) is 0 Å². The topological polar surface area (TPSA) is 69.0 Å². The van der Waals surface area contributed by atoms with E-state index in [2.05, 4.69) is 10.3 Å². The van der Waals surface area contributed by atoms with Crippen LogP contribution in [0, 0.1) is 0 Å². The molecule has 5 rings (SSSR count). The van der Waals surface area contributed by atoms with Crippen LogP contribution in [0.4, 0.5) is 5.95 Å². The van der Waals surface area contributed by atoms with Gasteiger partial charge in [-0.2, -0.15) is 4.98 Å². The second kappa shape index (κ2) is 10.0. The number of halogens is 1. The first kappa shape index (κ1) is 22.7. The minimum Gasteiger partial charge on any atom is -0.457 e. The zero-order valence-electron chi connectivity index (χ0n) is 18.3. The standard InChI is InChI=1S/C25H21ClN4O2S2/c1-16-21(23(31)32-14-17-8-3-2-4-9-17)22(20-12-7-13-33-20)30-24(27-16)28-25(29-30)34-15-18-10-5-6-11-19(18)26/h2-13,22H,14-15H2,1H3,(H,27,28,29). The zero-order chi connectivity index (χ0) is 23.5. The maximum absolute atomic E-state index is 13.3. The summed E-state index contributed by atoms with van der Waals surface area (Å²) in [5.74, 6) is 0.862. The highest BCUT2D eigenvalue weighted by atomic mass is 35.5. The molecule has 34 heavy (non-hydrogen) atoms. The van der Waals surface area contributed by atoms with E-state index in [4.69, 9.17) is 21.4 Å². The van der Waals surface area contributed by atoms with Crippen LogP contribution in [0.25, 0.3) is 0 Å². The molecule has 6 nitrogen and oxygen atoms in total. The third kappa shape index (κ3) is 4.75. The van der Waals surface area contributed by atoms with E-state index in [0.29, 0.717) is 28.1 Å². The van der Waals surface area contributed by atoms with Gasteiger partial charge in [-0.1, -0.05) is 78.0 Å². The van der Waals surface area contributed by atoms with Crippen molar-refractivity contribution >= 4 is 46.6 Å². The van der Waals surface area contributed by atoms with E-state index in [1.54, 1.807) is 16.0 Å². The summed E-state index contributed by atoms with van der Waals surface area (Å²) in [7, 11) is 0. The zero-order valence-corrected chi connectivity index (χ0v) is 20.7. The predicted octanol–water partition coefficient (Wildman–Crippen LogP) is 6.32. The summed E-state index contributed by atoms with van der Waals surface area (Å²) >= 11 is 9.37. The molecule has 1 aliphatic heterocycles. The molecule has 1 aliphatic rings. The van der Waals surface area contributed by atoms with Gasteiger partial charge in [-0.05, 0) is 35.6 Å². The molecule has 0 spiro atoms. The highest BCUT2D eigenvalue weighted by molar-refractivity contribution is 7.98. The number of nitrogens with zero attached hydrogens (tertiary/aromatic N) is 3. The molecule has 172 valence electrons. The fourth-order valence-electron chi connectivity index (χ4n) is 3.73. The highest BCUT2D eigenvalue weighted by Gasteiger charge is 2.35. The molecule has 0 fully saturated rings. The summed E-state index contributed by atoms with van der Waals surface area (Å²) in [5, 5.41) is 11.3. The SMILES string of the molecule is CC1=C(C(=O)OCc2ccccc2)C(c2cccs2)n2nc(SCc3ccccc3Cl)nc2N1. The number of thioether (sulfide) groups is 1. The van der Waals surface area contributed by atoms with E-state index in [1.165, 1.54) is 11.8 Å². The Kier molecular flexibility index (Phi) is 6.71. The van der Waals surface area contributed by atoms with Crippen LogP contribution in [0.1, 0.15) is 29.0 Å². The fourth-order valence-corrected chi connectivity index (χ4v) is 5.66. The van der Waals surface area contributed by atoms with Crippen molar-refractivity contribution in [2.75, 3.05) is 5.32 Å². The van der Waals surface area contributed by atoms with Crippen molar-refractivity contribution in [1.82, 2.24) is 14.8 Å². The first-order valence-corrected chi connectivity index (χ1v) is 12.9. The maximum atomic E-state index is 13.3. The van der Waals surface area contributed by atoms with Gasteiger partial charge >= 0.3 is 5.97 Å². The van der Waals surface area contributed by atoms with Gasteiger partial charge in [-0.15, -0.1) is 16.4 Å². The van der Waals surface area contributed by atoms with Crippen LogP contribution in [0.3, 0.4) is 0 Å². The Hall–Kier alpha value is -3.07.